The highest BCUT2D eigenvalue weighted by molar-refractivity contribution is 5.89. The van der Waals surface area contributed by atoms with Crippen LogP contribution in [0.25, 0.3) is 34.0 Å². The van der Waals surface area contributed by atoms with Crippen LogP contribution in [0.4, 0.5) is 0 Å². The quantitative estimate of drug-likeness (QED) is 0.301. The minimum Gasteiger partial charge on any atom is -0.463 e. The fourth-order valence-corrected chi connectivity index (χ4v) is 3.16. The molecule has 0 bridgehead atoms. The number of carbonyl (C=O) groups is 3. The summed E-state index contributed by atoms with van der Waals surface area (Å²) < 4.78 is 31.0. The van der Waals surface area contributed by atoms with Crippen LogP contribution in [0.2, 0.25) is 0 Å². The summed E-state index contributed by atoms with van der Waals surface area (Å²) in [7, 11) is 3.78. The van der Waals surface area contributed by atoms with Gasteiger partial charge in [0.15, 0.2) is 0 Å². The molecule has 0 N–H and O–H groups in total. The van der Waals surface area contributed by atoms with Crippen molar-refractivity contribution >= 4 is 17.9 Å². The van der Waals surface area contributed by atoms with Gasteiger partial charge >= 0.3 is 17.9 Å². The van der Waals surface area contributed by atoms with Gasteiger partial charge in [0.2, 0.25) is 17.3 Å². The van der Waals surface area contributed by atoms with E-state index in [1.54, 1.807) is 36.4 Å². The van der Waals surface area contributed by atoms with Crippen molar-refractivity contribution in [3.8, 4) is 34.0 Å². The first-order chi connectivity index (χ1) is 15.9. The summed E-state index contributed by atoms with van der Waals surface area (Å²) in [5.74, 6) is -0.557. The smallest absolute Gasteiger partial charge is 0.373 e. The number of furan rings is 3. The van der Waals surface area contributed by atoms with Crippen molar-refractivity contribution in [1.82, 2.24) is 0 Å². The van der Waals surface area contributed by atoms with E-state index in [-0.39, 0.29) is 17.3 Å². The largest absolute Gasteiger partial charge is 0.463 e. The molecule has 1 aromatic carbocycles. The second-order valence-electron chi connectivity index (χ2n) is 6.77. The summed E-state index contributed by atoms with van der Waals surface area (Å²) in [6.07, 6.45) is 0. The van der Waals surface area contributed by atoms with Crippen LogP contribution in [-0.4, -0.2) is 39.2 Å². The van der Waals surface area contributed by atoms with Gasteiger partial charge in [-0.15, -0.1) is 0 Å². The molecule has 168 valence electrons. The summed E-state index contributed by atoms with van der Waals surface area (Å²) in [5.41, 5.74) is 1.76. The van der Waals surface area contributed by atoms with Crippen molar-refractivity contribution in [2.24, 2.45) is 0 Å². The third kappa shape index (κ3) is 4.29. The van der Waals surface area contributed by atoms with Crippen molar-refractivity contribution in [3.63, 3.8) is 0 Å². The SMILES string of the molecule is COC(=O)c1ccc(-c2cc(-c3ccc(C(=O)OC)o3)cc(-c3ccc(C(=O)OC)o3)c2)o1. The van der Waals surface area contributed by atoms with E-state index in [0.29, 0.717) is 34.0 Å². The van der Waals surface area contributed by atoms with Crippen LogP contribution in [0, 0.1) is 0 Å². The van der Waals surface area contributed by atoms with Crippen LogP contribution in [0.5, 0.6) is 0 Å². The van der Waals surface area contributed by atoms with Crippen LogP contribution in [-0.2, 0) is 14.2 Å². The topological polar surface area (TPSA) is 118 Å². The Balaban J connectivity index is 1.82. The first-order valence-electron chi connectivity index (χ1n) is 9.64. The molecule has 0 saturated carbocycles. The first kappa shape index (κ1) is 21.7. The molecule has 0 spiro atoms. The molecule has 3 heterocycles. The number of methoxy groups -OCH3 is 3. The molecule has 0 aliphatic rings. The molecule has 4 aromatic rings. The van der Waals surface area contributed by atoms with Crippen LogP contribution in [0.3, 0.4) is 0 Å². The molecule has 3 aromatic heterocycles. The predicted octanol–water partition coefficient (Wildman–Crippen LogP) is 4.83. The number of hydrogen-bond acceptors (Lipinski definition) is 9. The molecule has 9 heteroatoms. The van der Waals surface area contributed by atoms with Gasteiger partial charge < -0.3 is 27.5 Å². The van der Waals surface area contributed by atoms with Gasteiger partial charge in [-0.2, -0.15) is 0 Å². The second kappa shape index (κ2) is 8.91. The van der Waals surface area contributed by atoms with E-state index in [1.165, 1.54) is 39.5 Å². The molecule has 0 unspecified atom stereocenters. The van der Waals surface area contributed by atoms with Gasteiger partial charge in [-0.25, -0.2) is 14.4 Å². The van der Waals surface area contributed by atoms with Crippen molar-refractivity contribution in [3.05, 3.63) is 71.9 Å². The Hall–Kier alpha value is -4.53. The van der Waals surface area contributed by atoms with Crippen molar-refractivity contribution in [2.75, 3.05) is 21.3 Å². The molecule has 0 aliphatic carbocycles. The van der Waals surface area contributed by atoms with E-state index < -0.39 is 17.9 Å². The summed E-state index contributed by atoms with van der Waals surface area (Å²) in [5, 5.41) is 0. The maximum atomic E-state index is 11.8. The Morgan fingerprint density at radius 3 is 1.03 bits per heavy atom. The molecule has 9 nitrogen and oxygen atoms in total. The first-order valence-corrected chi connectivity index (χ1v) is 9.64. The van der Waals surface area contributed by atoms with Gasteiger partial charge in [-0.1, -0.05) is 0 Å². The number of esters is 3. The van der Waals surface area contributed by atoms with Gasteiger partial charge in [0.05, 0.1) is 21.3 Å². The van der Waals surface area contributed by atoms with Crippen molar-refractivity contribution in [1.29, 1.82) is 0 Å². The number of carbonyl (C=O) groups excluding carboxylic acids is 3. The van der Waals surface area contributed by atoms with Gasteiger partial charge in [-0.05, 0) is 54.6 Å². The number of rotatable bonds is 6. The average molecular weight is 450 g/mol. The normalized spacial score (nSPS) is 10.6. The Morgan fingerprint density at radius 1 is 0.515 bits per heavy atom. The van der Waals surface area contributed by atoms with E-state index >= 15 is 0 Å². The molecular formula is C24H18O9. The Labute approximate surface area is 187 Å². The summed E-state index contributed by atoms with van der Waals surface area (Å²) >= 11 is 0. The second-order valence-corrected chi connectivity index (χ2v) is 6.77. The number of ether oxygens (including phenoxy) is 3. The Kier molecular flexibility index (Phi) is 5.86. The van der Waals surface area contributed by atoms with Crippen LogP contribution in [0.1, 0.15) is 31.7 Å². The Morgan fingerprint density at radius 2 is 0.788 bits per heavy atom. The van der Waals surface area contributed by atoms with E-state index in [0.717, 1.165) is 0 Å². The summed E-state index contributed by atoms with van der Waals surface area (Å²) in [6.45, 7) is 0. The maximum Gasteiger partial charge on any atom is 0.373 e. The standard InChI is InChI=1S/C24H18O9/c1-28-22(25)19-7-4-16(31-19)13-10-14(17-5-8-20(32-17)23(26)29-2)12-15(11-13)18-6-9-21(33-18)24(27)30-3/h4-12H,1-3H3. The van der Waals surface area contributed by atoms with Crippen molar-refractivity contribution in [2.45, 2.75) is 0 Å². The van der Waals surface area contributed by atoms with Gasteiger partial charge in [0.1, 0.15) is 17.3 Å². The highest BCUT2D eigenvalue weighted by Gasteiger charge is 2.19. The minimum absolute atomic E-state index is 0.0383. The molecule has 0 amide bonds. The van der Waals surface area contributed by atoms with E-state index in [1.807, 2.05) is 0 Å². The molecule has 0 fully saturated rings. The molecule has 0 saturated heterocycles. The lowest BCUT2D eigenvalue weighted by molar-refractivity contribution is 0.0558. The molecular weight excluding hydrogens is 432 g/mol. The lowest BCUT2D eigenvalue weighted by Crippen LogP contribution is -1.98. The molecule has 4 rings (SSSR count). The number of hydrogen-bond donors (Lipinski definition) is 0. The van der Waals surface area contributed by atoms with Crippen LogP contribution < -0.4 is 0 Å². The average Bonchev–Trinajstić information content (AvgIpc) is 3.62. The highest BCUT2D eigenvalue weighted by Crippen LogP contribution is 2.35. The zero-order valence-corrected chi connectivity index (χ0v) is 17.9. The third-order valence-corrected chi connectivity index (χ3v) is 4.76. The van der Waals surface area contributed by atoms with Crippen molar-refractivity contribution < 1.29 is 41.8 Å². The van der Waals surface area contributed by atoms with Gasteiger partial charge in [-0.3, -0.25) is 0 Å². The monoisotopic (exact) mass is 450 g/mol. The lowest BCUT2D eigenvalue weighted by Gasteiger charge is -2.06. The van der Waals surface area contributed by atoms with Gasteiger partial charge in [0.25, 0.3) is 0 Å². The lowest BCUT2D eigenvalue weighted by atomic mass is 10.0. The number of benzene rings is 1. The highest BCUT2D eigenvalue weighted by atomic mass is 16.5. The zero-order chi connectivity index (χ0) is 23.5. The van der Waals surface area contributed by atoms with Crippen LogP contribution >= 0.6 is 0 Å². The van der Waals surface area contributed by atoms with Crippen LogP contribution in [0.15, 0.2) is 67.8 Å². The fourth-order valence-electron chi connectivity index (χ4n) is 3.16. The van der Waals surface area contributed by atoms with E-state index in [2.05, 4.69) is 0 Å². The van der Waals surface area contributed by atoms with E-state index in [4.69, 9.17) is 27.5 Å². The third-order valence-electron chi connectivity index (χ3n) is 4.76. The minimum atomic E-state index is -0.611. The predicted molar refractivity (Wildman–Crippen MR) is 114 cm³/mol. The summed E-state index contributed by atoms with van der Waals surface area (Å²) in [6, 6.07) is 14.6. The maximum absolute atomic E-state index is 11.8. The molecule has 0 radical (unpaired) electrons. The van der Waals surface area contributed by atoms with E-state index in [9.17, 15) is 14.4 Å². The zero-order valence-electron chi connectivity index (χ0n) is 17.9. The molecule has 0 atom stereocenters. The fraction of sp³-hybridized carbons (Fsp3) is 0.125. The molecule has 33 heavy (non-hydrogen) atoms. The summed E-state index contributed by atoms with van der Waals surface area (Å²) in [4.78, 5) is 35.4. The molecule has 0 aliphatic heterocycles. The van der Waals surface area contributed by atoms with Gasteiger partial charge in [0, 0.05) is 16.7 Å². The Bertz CT molecular complexity index is 1160.